The number of hydrogen-bond acceptors (Lipinski definition) is 4. The number of nitrogens with zero attached hydrogens (tertiary/aromatic N) is 3. The molecule has 17 heavy (non-hydrogen) atoms. The maximum absolute atomic E-state index is 8.82. The highest BCUT2D eigenvalue weighted by molar-refractivity contribution is 8.00. The predicted molar refractivity (Wildman–Crippen MR) is 70.8 cm³/mol. The van der Waals surface area contributed by atoms with Crippen LogP contribution in [-0.2, 0) is 6.54 Å². The third kappa shape index (κ3) is 3.45. The largest absolute Gasteiger partial charge is 0.297 e. The molecule has 1 fully saturated rings. The number of hydrogen-bond donors (Lipinski definition) is 0. The number of thioether (sulfide) groups is 1. The van der Waals surface area contributed by atoms with E-state index in [-0.39, 0.29) is 0 Å². The van der Waals surface area contributed by atoms with Crippen LogP contribution in [0.5, 0.6) is 0 Å². The van der Waals surface area contributed by atoms with E-state index < -0.39 is 0 Å². The number of pyridine rings is 1. The standard InChI is InChI=1S/C13H17N3S/c1-2-13-10-16(5-6-17-13)9-11-3-4-15-12(7-11)8-14/h3-4,7,13H,2,5-6,9-10H2,1H3. The highest BCUT2D eigenvalue weighted by Gasteiger charge is 2.18. The van der Waals surface area contributed by atoms with E-state index in [2.05, 4.69) is 34.6 Å². The van der Waals surface area contributed by atoms with Crippen molar-refractivity contribution in [1.29, 1.82) is 5.26 Å². The van der Waals surface area contributed by atoms with Crippen molar-refractivity contribution in [1.82, 2.24) is 9.88 Å². The lowest BCUT2D eigenvalue weighted by Crippen LogP contribution is -2.37. The van der Waals surface area contributed by atoms with E-state index in [1.807, 2.05) is 12.1 Å². The summed E-state index contributed by atoms with van der Waals surface area (Å²) in [5.41, 5.74) is 1.71. The molecule has 4 heteroatoms. The van der Waals surface area contributed by atoms with Gasteiger partial charge in [0.25, 0.3) is 0 Å². The molecule has 0 saturated carbocycles. The molecular weight excluding hydrogens is 230 g/mol. The summed E-state index contributed by atoms with van der Waals surface area (Å²) in [6, 6.07) is 5.99. The first-order chi connectivity index (χ1) is 8.31. The van der Waals surface area contributed by atoms with Crippen LogP contribution >= 0.6 is 11.8 Å². The third-order valence-corrected chi connectivity index (χ3v) is 4.40. The lowest BCUT2D eigenvalue weighted by molar-refractivity contribution is 0.273. The molecule has 0 amide bonds. The van der Waals surface area contributed by atoms with Crippen molar-refractivity contribution < 1.29 is 0 Å². The van der Waals surface area contributed by atoms with Gasteiger partial charge < -0.3 is 0 Å². The molecule has 0 radical (unpaired) electrons. The summed E-state index contributed by atoms with van der Waals surface area (Å²) < 4.78 is 0. The van der Waals surface area contributed by atoms with Gasteiger partial charge in [0.05, 0.1) is 0 Å². The van der Waals surface area contributed by atoms with Gasteiger partial charge >= 0.3 is 0 Å². The van der Waals surface area contributed by atoms with Crippen molar-refractivity contribution in [2.24, 2.45) is 0 Å². The molecule has 2 rings (SSSR count). The topological polar surface area (TPSA) is 39.9 Å². The lowest BCUT2D eigenvalue weighted by Gasteiger charge is -2.31. The average Bonchev–Trinajstić information content (AvgIpc) is 2.39. The summed E-state index contributed by atoms with van der Waals surface area (Å²) in [6.07, 6.45) is 2.96. The minimum Gasteiger partial charge on any atom is -0.297 e. The van der Waals surface area contributed by atoms with Crippen LogP contribution in [-0.4, -0.2) is 34.0 Å². The fourth-order valence-corrected chi connectivity index (χ4v) is 3.31. The van der Waals surface area contributed by atoms with Crippen LogP contribution in [0.4, 0.5) is 0 Å². The normalized spacial score (nSPS) is 21.1. The fourth-order valence-electron chi connectivity index (χ4n) is 2.06. The van der Waals surface area contributed by atoms with Crippen LogP contribution in [0.3, 0.4) is 0 Å². The lowest BCUT2D eigenvalue weighted by atomic mass is 10.2. The van der Waals surface area contributed by atoms with E-state index in [1.54, 1.807) is 6.20 Å². The Balaban J connectivity index is 1.98. The van der Waals surface area contributed by atoms with Gasteiger partial charge in [-0.3, -0.25) is 4.90 Å². The van der Waals surface area contributed by atoms with Crippen molar-refractivity contribution in [3.8, 4) is 6.07 Å². The first kappa shape index (κ1) is 12.4. The maximum atomic E-state index is 8.82. The minimum absolute atomic E-state index is 0.515. The van der Waals surface area contributed by atoms with Gasteiger partial charge in [0, 0.05) is 36.8 Å². The van der Waals surface area contributed by atoms with Gasteiger partial charge in [0.15, 0.2) is 0 Å². The Hall–Kier alpha value is -1.05. The second kappa shape index (κ2) is 6.04. The van der Waals surface area contributed by atoms with E-state index in [0.29, 0.717) is 5.69 Å². The SMILES string of the molecule is CCC1CN(Cc2ccnc(C#N)c2)CCS1. The van der Waals surface area contributed by atoms with E-state index >= 15 is 0 Å². The second-order valence-corrected chi connectivity index (χ2v) is 5.71. The summed E-state index contributed by atoms with van der Waals surface area (Å²) in [4.78, 5) is 6.47. The van der Waals surface area contributed by atoms with Crippen molar-refractivity contribution in [3.63, 3.8) is 0 Å². The Labute approximate surface area is 107 Å². The smallest absolute Gasteiger partial charge is 0.140 e. The van der Waals surface area contributed by atoms with Crippen LogP contribution in [0.1, 0.15) is 24.6 Å². The Morgan fingerprint density at radius 2 is 2.53 bits per heavy atom. The molecule has 1 atom stereocenters. The molecule has 0 N–H and O–H groups in total. The van der Waals surface area contributed by atoms with Crippen molar-refractivity contribution in [2.75, 3.05) is 18.8 Å². The Morgan fingerprint density at radius 3 is 3.29 bits per heavy atom. The molecule has 2 heterocycles. The summed E-state index contributed by atoms with van der Waals surface area (Å²) in [7, 11) is 0. The van der Waals surface area contributed by atoms with Crippen molar-refractivity contribution in [3.05, 3.63) is 29.6 Å². The maximum Gasteiger partial charge on any atom is 0.140 e. The van der Waals surface area contributed by atoms with E-state index in [9.17, 15) is 0 Å². The number of aromatic nitrogens is 1. The first-order valence-corrected chi connectivity index (χ1v) is 7.05. The fraction of sp³-hybridized carbons (Fsp3) is 0.538. The van der Waals surface area contributed by atoms with Crippen LogP contribution in [0.15, 0.2) is 18.3 Å². The summed E-state index contributed by atoms with van der Waals surface area (Å²) in [5, 5.41) is 9.58. The molecule has 1 aliphatic rings. The molecule has 0 spiro atoms. The molecule has 90 valence electrons. The van der Waals surface area contributed by atoms with Gasteiger partial charge in [-0.1, -0.05) is 6.92 Å². The molecule has 0 aromatic carbocycles. The van der Waals surface area contributed by atoms with Gasteiger partial charge in [-0.15, -0.1) is 0 Å². The third-order valence-electron chi connectivity index (χ3n) is 3.02. The first-order valence-electron chi connectivity index (χ1n) is 6.00. The van der Waals surface area contributed by atoms with E-state index in [0.717, 1.165) is 24.9 Å². The molecule has 3 nitrogen and oxygen atoms in total. The molecule has 0 bridgehead atoms. The van der Waals surface area contributed by atoms with Crippen LogP contribution in [0.25, 0.3) is 0 Å². The molecule has 1 saturated heterocycles. The Bertz CT molecular complexity index is 413. The van der Waals surface area contributed by atoms with E-state index in [1.165, 1.54) is 17.7 Å². The van der Waals surface area contributed by atoms with Gasteiger partial charge in [0.2, 0.25) is 0 Å². The Morgan fingerprint density at radius 1 is 1.65 bits per heavy atom. The average molecular weight is 247 g/mol. The number of rotatable bonds is 3. The molecule has 1 aromatic rings. The van der Waals surface area contributed by atoms with E-state index in [4.69, 9.17) is 5.26 Å². The number of nitriles is 1. The monoisotopic (exact) mass is 247 g/mol. The minimum atomic E-state index is 0.515. The zero-order valence-corrected chi connectivity index (χ0v) is 10.9. The van der Waals surface area contributed by atoms with Gasteiger partial charge in [0.1, 0.15) is 11.8 Å². The summed E-state index contributed by atoms with van der Waals surface area (Å²) in [5.74, 6) is 1.22. The predicted octanol–water partition coefficient (Wildman–Crippen LogP) is 2.28. The van der Waals surface area contributed by atoms with Gasteiger partial charge in [-0.05, 0) is 24.1 Å². The quantitative estimate of drug-likeness (QED) is 0.821. The second-order valence-electron chi connectivity index (χ2n) is 4.30. The highest BCUT2D eigenvalue weighted by atomic mass is 32.2. The van der Waals surface area contributed by atoms with Crippen LogP contribution in [0.2, 0.25) is 0 Å². The van der Waals surface area contributed by atoms with Crippen molar-refractivity contribution >= 4 is 11.8 Å². The van der Waals surface area contributed by atoms with Gasteiger partial charge in [-0.25, -0.2) is 4.98 Å². The van der Waals surface area contributed by atoms with Crippen LogP contribution in [0, 0.1) is 11.3 Å². The highest BCUT2D eigenvalue weighted by Crippen LogP contribution is 2.22. The zero-order valence-electron chi connectivity index (χ0n) is 10.1. The van der Waals surface area contributed by atoms with Crippen molar-refractivity contribution in [2.45, 2.75) is 25.1 Å². The molecule has 1 aliphatic heterocycles. The summed E-state index contributed by atoms with van der Waals surface area (Å²) in [6.45, 7) is 5.49. The molecule has 1 unspecified atom stereocenters. The van der Waals surface area contributed by atoms with Gasteiger partial charge in [-0.2, -0.15) is 17.0 Å². The molecular formula is C13H17N3S. The Kier molecular flexibility index (Phi) is 4.41. The molecule has 0 aliphatic carbocycles. The zero-order chi connectivity index (χ0) is 12.1. The van der Waals surface area contributed by atoms with Crippen LogP contribution < -0.4 is 0 Å². The summed E-state index contributed by atoms with van der Waals surface area (Å²) >= 11 is 2.08. The molecule has 1 aromatic heterocycles.